The Morgan fingerprint density at radius 2 is 2.28 bits per heavy atom. The number of alkyl halides is 1. The molecule has 2 aromatic rings. The summed E-state index contributed by atoms with van der Waals surface area (Å²) in [5.41, 5.74) is 0.513. The fourth-order valence-corrected chi connectivity index (χ4v) is 2.13. The van der Waals surface area contributed by atoms with Gasteiger partial charge in [0.15, 0.2) is 18.3 Å². The van der Waals surface area contributed by atoms with Gasteiger partial charge in [-0.2, -0.15) is 0 Å². The fraction of sp³-hybridized carbons (Fsp3) is 0.273. The Labute approximate surface area is 100 Å². The summed E-state index contributed by atoms with van der Waals surface area (Å²) in [6.45, 7) is 0. The van der Waals surface area contributed by atoms with Gasteiger partial charge in [0.1, 0.15) is 5.82 Å². The standard InChI is InChI=1S/C11H8F2N4O/c12-7-1-6(3-14-4-7)9-2-8(13)11-15-10(5-18)16-17(9)11/h1,3-5,8-9H,2H2/t8-,9-/m0/s1. The second-order valence-corrected chi connectivity index (χ2v) is 4.05. The highest BCUT2D eigenvalue weighted by Crippen LogP contribution is 2.38. The molecule has 0 fully saturated rings. The summed E-state index contributed by atoms with van der Waals surface area (Å²) in [6, 6.07) is 0.807. The number of hydrogen-bond donors (Lipinski definition) is 0. The van der Waals surface area contributed by atoms with Crippen molar-refractivity contribution in [1.82, 2.24) is 19.7 Å². The van der Waals surface area contributed by atoms with Crippen LogP contribution < -0.4 is 0 Å². The minimum atomic E-state index is -1.31. The van der Waals surface area contributed by atoms with E-state index in [9.17, 15) is 13.6 Å². The number of nitrogens with zero attached hydrogens (tertiary/aromatic N) is 4. The first-order valence-corrected chi connectivity index (χ1v) is 5.35. The number of carbonyl (C=O) groups excluding carboxylic acids is 1. The number of aromatic nitrogens is 4. The van der Waals surface area contributed by atoms with E-state index in [4.69, 9.17) is 0 Å². The second kappa shape index (κ2) is 3.94. The first-order valence-electron chi connectivity index (χ1n) is 5.35. The highest BCUT2D eigenvalue weighted by atomic mass is 19.1. The topological polar surface area (TPSA) is 60.7 Å². The molecule has 2 aromatic heterocycles. The SMILES string of the molecule is O=Cc1nc2n(n1)[C@H](c1cncc(F)c1)C[C@@H]2F. The first kappa shape index (κ1) is 10.9. The molecule has 1 aliphatic rings. The molecular formula is C11H8F2N4O. The van der Waals surface area contributed by atoms with Gasteiger partial charge in [-0.3, -0.25) is 9.78 Å². The van der Waals surface area contributed by atoms with Gasteiger partial charge in [0.2, 0.25) is 5.82 Å². The van der Waals surface area contributed by atoms with Gasteiger partial charge in [-0.25, -0.2) is 18.4 Å². The maximum Gasteiger partial charge on any atom is 0.214 e. The van der Waals surface area contributed by atoms with Gasteiger partial charge in [-0.15, -0.1) is 5.10 Å². The van der Waals surface area contributed by atoms with Crippen LogP contribution in [-0.2, 0) is 0 Å². The molecule has 2 atom stereocenters. The Morgan fingerprint density at radius 3 is 3.00 bits per heavy atom. The van der Waals surface area contributed by atoms with E-state index in [1.54, 1.807) is 0 Å². The molecule has 1 aliphatic heterocycles. The maximum absolute atomic E-state index is 13.7. The largest absolute Gasteiger partial charge is 0.294 e. The molecule has 3 rings (SSSR count). The molecule has 0 spiro atoms. The Hall–Kier alpha value is -2.18. The summed E-state index contributed by atoms with van der Waals surface area (Å²) in [5, 5.41) is 3.89. The third-order valence-electron chi connectivity index (χ3n) is 2.90. The van der Waals surface area contributed by atoms with Gasteiger partial charge in [0.25, 0.3) is 0 Å². The Bertz CT molecular complexity index is 613. The van der Waals surface area contributed by atoms with E-state index in [-0.39, 0.29) is 18.1 Å². The van der Waals surface area contributed by atoms with Crippen molar-refractivity contribution in [3.05, 3.63) is 41.5 Å². The number of carbonyl (C=O) groups is 1. The monoisotopic (exact) mass is 250 g/mol. The Balaban J connectivity index is 2.06. The van der Waals surface area contributed by atoms with Gasteiger partial charge >= 0.3 is 0 Å². The number of pyridine rings is 1. The first-order chi connectivity index (χ1) is 8.69. The van der Waals surface area contributed by atoms with Crippen LogP contribution in [-0.4, -0.2) is 26.0 Å². The van der Waals surface area contributed by atoms with Gasteiger partial charge in [-0.1, -0.05) is 0 Å². The molecule has 0 N–H and O–H groups in total. The zero-order valence-corrected chi connectivity index (χ0v) is 9.12. The van der Waals surface area contributed by atoms with Crippen molar-refractivity contribution in [3.8, 4) is 0 Å². The molecular weight excluding hydrogens is 242 g/mol. The van der Waals surface area contributed by atoms with E-state index in [0.717, 1.165) is 6.20 Å². The van der Waals surface area contributed by atoms with Gasteiger partial charge in [0, 0.05) is 12.6 Å². The van der Waals surface area contributed by atoms with Crippen molar-refractivity contribution >= 4 is 6.29 Å². The van der Waals surface area contributed by atoms with Gasteiger partial charge in [-0.05, 0) is 11.6 Å². The molecule has 0 aliphatic carbocycles. The molecule has 0 bridgehead atoms. The van der Waals surface area contributed by atoms with Crippen LogP contribution in [0.2, 0.25) is 0 Å². The minimum Gasteiger partial charge on any atom is -0.294 e. The summed E-state index contributed by atoms with van der Waals surface area (Å²) in [6.07, 6.45) is 1.81. The van der Waals surface area contributed by atoms with Crippen LogP contribution in [0.25, 0.3) is 0 Å². The predicted octanol–water partition coefficient (Wildman–Crippen LogP) is 1.63. The van der Waals surface area contributed by atoms with Crippen molar-refractivity contribution in [1.29, 1.82) is 0 Å². The number of rotatable bonds is 2. The highest BCUT2D eigenvalue weighted by Gasteiger charge is 2.35. The van der Waals surface area contributed by atoms with Crippen LogP contribution in [0.3, 0.4) is 0 Å². The summed E-state index contributed by atoms with van der Waals surface area (Å²) >= 11 is 0. The fourth-order valence-electron chi connectivity index (χ4n) is 2.13. The summed E-state index contributed by atoms with van der Waals surface area (Å²) in [5.74, 6) is -0.458. The molecule has 0 saturated carbocycles. The third-order valence-corrected chi connectivity index (χ3v) is 2.90. The normalized spacial score (nSPS) is 21.9. The molecule has 0 amide bonds. The molecule has 3 heterocycles. The van der Waals surface area contributed by atoms with E-state index in [0.29, 0.717) is 11.8 Å². The Kier molecular flexibility index (Phi) is 2.39. The number of halogens is 2. The van der Waals surface area contributed by atoms with Gasteiger partial charge in [0.05, 0.1) is 12.2 Å². The molecule has 0 radical (unpaired) electrons. The average Bonchev–Trinajstić information content (AvgIpc) is 2.90. The van der Waals surface area contributed by atoms with Crippen molar-refractivity contribution in [2.24, 2.45) is 0 Å². The molecule has 0 saturated heterocycles. The van der Waals surface area contributed by atoms with E-state index in [2.05, 4.69) is 15.1 Å². The zero-order valence-electron chi connectivity index (χ0n) is 9.12. The second-order valence-electron chi connectivity index (χ2n) is 4.05. The van der Waals surface area contributed by atoms with E-state index in [1.807, 2.05) is 0 Å². The van der Waals surface area contributed by atoms with Crippen molar-refractivity contribution in [2.45, 2.75) is 18.6 Å². The number of hydrogen-bond acceptors (Lipinski definition) is 4. The lowest BCUT2D eigenvalue weighted by atomic mass is 10.1. The molecule has 92 valence electrons. The number of aldehydes is 1. The quantitative estimate of drug-likeness (QED) is 0.760. The molecule has 5 nitrogen and oxygen atoms in total. The zero-order chi connectivity index (χ0) is 12.7. The summed E-state index contributed by atoms with van der Waals surface area (Å²) < 4.78 is 28.2. The third kappa shape index (κ3) is 1.59. The van der Waals surface area contributed by atoms with Crippen LogP contribution >= 0.6 is 0 Å². The summed E-state index contributed by atoms with van der Waals surface area (Å²) in [4.78, 5) is 18.1. The highest BCUT2D eigenvalue weighted by molar-refractivity contribution is 5.68. The minimum absolute atomic E-state index is 0.0679. The summed E-state index contributed by atoms with van der Waals surface area (Å²) in [7, 11) is 0. The van der Waals surface area contributed by atoms with Crippen LogP contribution in [0.4, 0.5) is 8.78 Å². The van der Waals surface area contributed by atoms with Crippen molar-refractivity contribution in [3.63, 3.8) is 0 Å². The van der Waals surface area contributed by atoms with Gasteiger partial charge < -0.3 is 0 Å². The van der Waals surface area contributed by atoms with Crippen molar-refractivity contribution < 1.29 is 13.6 Å². The molecule has 18 heavy (non-hydrogen) atoms. The maximum atomic E-state index is 13.7. The lowest BCUT2D eigenvalue weighted by molar-refractivity contribution is 0.111. The van der Waals surface area contributed by atoms with E-state index < -0.39 is 18.0 Å². The van der Waals surface area contributed by atoms with Crippen LogP contribution in [0.5, 0.6) is 0 Å². The van der Waals surface area contributed by atoms with Crippen LogP contribution in [0, 0.1) is 5.82 Å². The lowest BCUT2D eigenvalue weighted by Gasteiger charge is -2.10. The van der Waals surface area contributed by atoms with Crippen LogP contribution in [0.1, 0.15) is 40.6 Å². The predicted molar refractivity (Wildman–Crippen MR) is 56.2 cm³/mol. The van der Waals surface area contributed by atoms with E-state index >= 15 is 0 Å². The van der Waals surface area contributed by atoms with Crippen LogP contribution in [0.15, 0.2) is 18.5 Å². The smallest absolute Gasteiger partial charge is 0.214 e. The molecule has 0 aromatic carbocycles. The van der Waals surface area contributed by atoms with Crippen molar-refractivity contribution in [2.75, 3.05) is 0 Å². The Morgan fingerprint density at radius 1 is 1.44 bits per heavy atom. The van der Waals surface area contributed by atoms with E-state index in [1.165, 1.54) is 16.9 Å². The molecule has 7 heteroatoms. The average molecular weight is 250 g/mol. The number of fused-ring (bicyclic) bond motifs is 1. The lowest BCUT2D eigenvalue weighted by Crippen LogP contribution is -2.08. The molecule has 0 unspecified atom stereocenters.